The van der Waals surface area contributed by atoms with Crippen molar-refractivity contribution in [2.75, 3.05) is 26.3 Å². The van der Waals surface area contributed by atoms with Gasteiger partial charge < -0.3 is 19.1 Å². The molecule has 1 aliphatic rings. The maximum atomic E-state index is 13.6. The molecular formula is C26H35N5O7S. The standard InChI is InChI=1S/C26H35N5O7S/c1-4-7-19-17-29(3)24-23(19)27-25(28-26(24)32)21-16-20(9-10-22(21)37-5-2)39(35,36)30-13-11-18(12-14-30)8-6-15-38-31(33)34/h9-10,16-18H,4-8,11-15H2,1-3H3,(H,27,28,32). The molecule has 0 atom stereocenters. The highest BCUT2D eigenvalue weighted by Gasteiger charge is 2.30. The van der Waals surface area contributed by atoms with E-state index in [1.807, 2.05) is 13.1 Å². The Hall–Kier alpha value is -3.45. The van der Waals surface area contributed by atoms with Crippen molar-refractivity contribution in [1.82, 2.24) is 18.8 Å². The van der Waals surface area contributed by atoms with Crippen LogP contribution in [0.2, 0.25) is 0 Å². The molecule has 1 aliphatic heterocycles. The predicted molar refractivity (Wildman–Crippen MR) is 146 cm³/mol. The molecule has 12 nitrogen and oxygen atoms in total. The Bertz CT molecular complexity index is 1490. The van der Waals surface area contributed by atoms with E-state index >= 15 is 0 Å². The van der Waals surface area contributed by atoms with Crippen molar-refractivity contribution < 1.29 is 23.1 Å². The van der Waals surface area contributed by atoms with Gasteiger partial charge in [-0.1, -0.05) is 13.3 Å². The second kappa shape index (κ2) is 12.2. The normalized spacial score (nSPS) is 15.1. The lowest BCUT2D eigenvalue weighted by Gasteiger charge is -2.31. The molecule has 0 bridgehead atoms. The summed E-state index contributed by atoms with van der Waals surface area (Å²) in [6, 6.07) is 4.65. The molecule has 2 aromatic heterocycles. The number of nitrogens with one attached hydrogen (secondary N) is 1. The molecular weight excluding hydrogens is 526 g/mol. The lowest BCUT2D eigenvalue weighted by Crippen LogP contribution is -2.38. The van der Waals surface area contributed by atoms with Crippen LogP contribution in [0.1, 0.15) is 51.5 Å². The number of H-pyrrole nitrogens is 1. The van der Waals surface area contributed by atoms with Gasteiger partial charge in [-0.05, 0) is 68.7 Å². The SMILES string of the molecule is CCCc1cn(C)c2c(=O)[nH]c(-c3cc(S(=O)(=O)N4CCC(CCCO[N+](=O)[O-])CC4)ccc3OCC)nc12. The number of benzene rings is 1. The topological polar surface area (TPSA) is 150 Å². The Balaban J connectivity index is 1.61. The first kappa shape index (κ1) is 28.6. The summed E-state index contributed by atoms with van der Waals surface area (Å²) < 4.78 is 36.2. The molecule has 1 saturated heterocycles. The number of hydrogen-bond donors (Lipinski definition) is 1. The number of piperidine rings is 1. The van der Waals surface area contributed by atoms with Gasteiger partial charge in [0.1, 0.15) is 17.1 Å². The minimum absolute atomic E-state index is 0.0469. The minimum atomic E-state index is -3.81. The summed E-state index contributed by atoms with van der Waals surface area (Å²) in [4.78, 5) is 35.4. The molecule has 3 aromatic rings. The number of aromatic amines is 1. The summed E-state index contributed by atoms with van der Waals surface area (Å²) >= 11 is 0. The molecule has 13 heteroatoms. The Morgan fingerprint density at radius 2 is 1.97 bits per heavy atom. The van der Waals surface area contributed by atoms with E-state index in [0.29, 0.717) is 61.3 Å². The highest BCUT2D eigenvalue weighted by atomic mass is 32.2. The van der Waals surface area contributed by atoms with Crippen molar-refractivity contribution in [3.63, 3.8) is 0 Å². The van der Waals surface area contributed by atoms with Crippen LogP contribution in [0.25, 0.3) is 22.4 Å². The smallest absolute Gasteiger partial charge is 0.294 e. The van der Waals surface area contributed by atoms with Crippen LogP contribution in [0, 0.1) is 16.0 Å². The quantitative estimate of drug-likeness (QED) is 0.200. The predicted octanol–water partition coefficient (Wildman–Crippen LogP) is 3.67. The zero-order valence-corrected chi connectivity index (χ0v) is 23.3. The van der Waals surface area contributed by atoms with Gasteiger partial charge in [0.15, 0.2) is 0 Å². The second-order valence-corrected chi connectivity index (χ2v) is 11.7. The number of nitrogens with zero attached hydrogens (tertiary/aromatic N) is 4. The summed E-state index contributed by atoms with van der Waals surface area (Å²) in [5.74, 6) is 0.974. The van der Waals surface area contributed by atoms with Crippen LogP contribution in [0.3, 0.4) is 0 Å². The maximum absolute atomic E-state index is 13.6. The van der Waals surface area contributed by atoms with Crippen LogP contribution >= 0.6 is 0 Å². The Morgan fingerprint density at radius 3 is 2.64 bits per heavy atom. The molecule has 3 heterocycles. The van der Waals surface area contributed by atoms with E-state index in [4.69, 9.17) is 9.72 Å². The van der Waals surface area contributed by atoms with Crippen LogP contribution in [0.15, 0.2) is 34.1 Å². The zero-order chi connectivity index (χ0) is 28.2. The third-order valence-corrected chi connectivity index (χ3v) is 8.99. The van der Waals surface area contributed by atoms with Gasteiger partial charge in [0.2, 0.25) is 10.0 Å². The molecule has 4 rings (SSSR count). The fourth-order valence-electron chi connectivity index (χ4n) is 5.19. The van der Waals surface area contributed by atoms with E-state index < -0.39 is 15.1 Å². The van der Waals surface area contributed by atoms with Crippen molar-refractivity contribution in [2.45, 2.75) is 57.3 Å². The number of hydrogen-bond acceptors (Lipinski definition) is 8. The van der Waals surface area contributed by atoms with Crippen LogP contribution in [0.5, 0.6) is 5.75 Å². The average Bonchev–Trinajstić information content (AvgIpc) is 3.22. The molecule has 0 amide bonds. The lowest BCUT2D eigenvalue weighted by atomic mass is 9.93. The molecule has 1 fully saturated rings. The molecule has 0 saturated carbocycles. The van der Waals surface area contributed by atoms with Gasteiger partial charge in [-0.3, -0.25) is 4.79 Å². The molecule has 0 unspecified atom stereocenters. The van der Waals surface area contributed by atoms with Crippen LogP contribution < -0.4 is 10.3 Å². The number of sulfonamides is 1. The highest BCUT2D eigenvalue weighted by molar-refractivity contribution is 7.89. The van der Waals surface area contributed by atoms with Gasteiger partial charge in [0.05, 0.1) is 29.2 Å². The van der Waals surface area contributed by atoms with E-state index in [1.165, 1.54) is 16.4 Å². The van der Waals surface area contributed by atoms with Crippen molar-refractivity contribution in [2.24, 2.45) is 13.0 Å². The van der Waals surface area contributed by atoms with Crippen LogP contribution in [-0.2, 0) is 28.3 Å². The first-order valence-electron chi connectivity index (χ1n) is 13.3. The van der Waals surface area contributed by atoms with Gasteiger partial charge in [0, 0.05) is 26.3 Å². The summed E-state index contributed by atoms with van der Waals surface area (Å²) in [5, 5.41) is 9.51. The minimum Gasteiger partial charge on any atom is -0.493 e. The van der Waals surface area contributed by atoms with E-state index in [2.05, 4.69) is 16.7 Å². The second-order valence-electron chi connectivity index (χ2n) is 9.76. The summed E-state index contributed by atoms with van der Waals surface area (Å²) in [6.07, 6.45) is 6.20. The van der Waals surface area contributed by atoms with Gasteiger partial charge in [-0.15, -0.1) is 10.1 Å². The molecule has 0 aliphatic carbocycles. The average molecular weight is 562 g/mol. The largest absolute Gasteiger partial charge is 0.493 e. The van der Waals surface area contributed by atoms with Gasteiger partial charge in [-0.25, -0.2) is 13.4 Å². The van der Waals surface area contributed by atoms with E-state index in [0.717, 1.165) is 24.8 Å². The van der Waals surface area contributed by atoms with Gasteiger partial charge in [0.25, 0.3) is 10.6 Å². The van der Waals surface area contributed by atoms with Crippen molar-refractivity contribution in [3.05, 3.63) is 50.4 Å². The third-order valence-electron chi connectivity index (χ3n) is 7.09. The number of fused-ring (bicyclic) bond motifs is 1. The number of rotatable bonds is 12. The highest BCUT2D eigenvalue weighted by Crippen LogP contribution is 2.33. The van der Waals surface area contributed by atoms with E-state index in [-0.39, 0.29) is 28.8 Å². The monoisotopic (exact) mass is 561 g/mol. The molecule has 0 radical (unpaired) electrons. The summed E-state index contributed by atoms with van der Waals surface area (Å²) in [7, 11) is -2.00. The Kier molecular flexibility index (Phi) is 8.90. The maximum Gasteiger partial charge on any atom is 0.294 e. The first-order chi connectivity index (χ1) is 18.6. The lowest BCUT2D eigenvalue weighted by molar-refractivity contribution is -0.757. The number of aromatic nitrogens is 3. The molecule has 0 spiro atoms. The molecule has 39 heavy (non-hydrogen) atoms. The van der Waals surface area contributed by atoms with E-state index in [1.54, 1.807) is 17.7 Å². The number of aryl methyl sites for hydroxylation is 2. The fourth-order valence-corrected chi connectivity index (χ4v) is 6.69. The molecule has 1 N–H and O–H groups in total. The van der Waals surface area contributed by atoms with Crippen molar-refractivity contribution >= 4 is 21.1 Å². The first-order valence-corrected chi connectivity index (χ1v) is 14.7. The Morgan fingerprint density at radius 1 is 1.23 bits per heavy atom. The fraction of sp³-hybridized carbons (Fsp3) is 0.538. The molecule has 212 valence electrons. The number of ether oxygens (including phenoxy) is 1. The van der Waals surface area contributed by atoms with Crippen LogP contribution in [-0.4, -0.2) is 58.6 Å². The zero-order valence-electron chi connectivity index (χ0n) is 22.5. The van der Waals surface area contributed by atoms with E-state index in [9.17, 15) is 23.3 Å². The van der Waals surface area contributed by atoms with Gasteiger partial charge >= 0.3 is 0 Å². The van der Waals surface area contributed by atoms with Crippen LogP contribution in [0.4, 0.5) is 0 Å². The van der Waals surface area contributed by atoms with Gasteiger partial charge in [-0.2, -0.15) is 4.31 Å². The molecule has 1 aromatic carbocycles. The summed E-state index contributed by atoms with van der Waals surface area (Å²) in [6.45, 7) is 5.01. The third kappa shape index (κ3) is 6.25. The van der Waals surface area contributed by atoms with Crippen molar-refractivity contribution in [1.29, 1.82) is 0 Å². The Labute approximate surface area is 227 Å². The summed E-state index contributed by atoms with van der Waals surface area (Å²) in [5.41, 5.74) is 2.12. The van der Waals surface area contributed by atoms with Crippen molar-refractivity contribution in [3.8, 4) is 17.1 Å².